The minimum Gasteiger partial charge on any atom is -0.456 e. The van der Waals surface area contributed by atoms with Gasteiger partial charge in [-0.2, -0.15) is 0 Å². The van der Waals surface area contributed by atoms with E-state index in [0.717, 1.165) is 11.2 Å². The monoisotopic (exact) mass is 286 g/mol. The fraction of sp³-hybridized carbons (Fsp3) is 0.143. The van der Waals surface area contributed by atoms with Crippen molar-refractivity contribution in [1.82, 2.24) is 0 Å². The fourth-order valence-corrected chi connectivity index (χ4v) is 3.24. The molecule has 0 bridgehead atoms. The van der Waals surface area contributed by atoms with Crippen LogP contribution in [0.3, 0.4) is 0 Å². The number of hydrogen-bond donors (Lipinski definition) is 0. The van der Waals surface area contributed by atoms with Crippen LogP contribution in [-0.2, 0) is 0 Å². The van der Waals surface area contributed by atoms with Gasteiger partial charge >= 0.3 is 0 Å². The van der Waals surface area contributed by atoms with Gasteiger partial charge in [-0.3, -0.25) is 0 Å². The molecule has 0 atom stereocenters. The van der Waals surface area contributed by atoms with Gasteiger partial charge in [-0.25, -0.2) is 0 Å². The van der Waals surface area contributed by atoms with Crippen molar-refractivity contribution >= 4 is 21.9 Å². The molecule has 3 aromatic carbocycles. The van der Waals surface area contributed by atoms with Crippen LogP contribution in [0.2, 0.25) is 0 Å². The molecule has 1 aromatic heterocycles. The Bertz CT molecular complexity index is 960. The Balaban J connectivity index is 2.12. The molecule has 0 aliphatic carbocycles. The lowest BCUT2D eigenvalue weighted by atomic mass is 9.90. The van der Waals surface area contributed by atoms with E-state index in [9.17, 15) is 0 Å². The fourth-order valence-electron chi connectivity index (χ4n) is 3.24. The summed E-state index contributed by atoms with van der Waals surface area (Å²) in [6, 6.07) is 23.3. The second kappa shape index (κ2) is 5.03. The van der Waals surface area contributed by atoms with Crippen molar-refractivity contribution in [2.45, 2.75) is 19.8 Å². The molecule has 0 unspecified atom stereocenters. The summed E-state index contributed by atoms with van der Waals surface area (Å²) in [7, 11) is 0. The molecule has 22 heavy (non-hydrogen) atoms. The van der Waals surface area contributed by atoms with Crippen LogP contribution in [0, 0.1) is 0 Å². The quantitative estimate of drug-likeness (QED) is 0.417. The van der Waals surface area contributed by atoms with Crippen molar-refractivity contribution in [3.63, 3.8) is 0 Å². The second-order valence-electron chi connectivity index (χ2n) is 6.02. The number of para-hydroxylation sites is 1. The first-order valence-corrected chi connectivity index (χ1v) is 7.75. The maximum Gasteiger partial charge on any atom is 0.136 e. The van der Waals surface area contributed by atoms with E-state index in [-0.39, 0.29) is 0 Å². The smallest absolute Gasteiger partial charge is 0.136 e. The average Bonchev–Trinajstić information content (AvgIpc) is 2.93. The lowest BCUT2D eigenvalue weighted by Gasteiger charge is -2.13. The first-order valence-electron chi connectivity index (χ1n) is 7.75. The van der Waals surface area contributed by atoms with Crippen molar-refractivity contribution in [3.8, 4) is 11.1 Å². The Morgan fingerprint density at radius 2 is 1.36 bits per heavy atom. The van der Waals surface area contributed by atoms with Gasteiger partial charge in [-0.05, 0) is 34.7 Å². The van der Waals surface area contributed by atoms with Crippen molar-refractivity contribution in [2.24, 2.45) is 0 Å². The molecule has 0 N–H and O–H groups in total. The highest BCUT2D eigenvalue weighted by Crippen LogP contribution is 2.38. The first kappa shape index (κ1) is 13.1. The van der Waals surface area contributed by atoms with Crippen LogP contribution >= 0.6 is 0 Å². The Morgan fingerprint density at radius 1 is 0.682 bits per heavy atom. The molecule has 108 valence electrons. The van der Waals surface area contributed by atoms with Crippen LogP contribution in [0.4, 0.5) is 0 Å². The van der Waals surface area contributed by atoms with E-state index in [2.05, 4.69) is 68.4 Å². The third-order valence-corrected chi connectivity index (χ3v) is 4.28. The Kier molecular flexibility index (Phi) is 3.00. The molecule has 0 aliphatic heterocycles. The molecule has 1 nitrogen and oxygen atoms in total. The number of furan rings is 1. The summed E-state index contributed by atoms with van der Waals surface area (Å²) >= 11 is 0. The maximum absolute atomic E-state index is 6.01. The lowest BCUT2D eigenvalue weighted by molar-refractivity contribution is 0.669. The van der Waals surface area contributed by atoms with Crippen LogP contribution in [-0.4, -0.2) is 0 Å². The Labute approximate surface area is 130 Å². The molecular formula is C21H18O. The maximum atomic E-state index is 6.01. The highest BCUT2D eigenvalue weighted by atomic mass is 16.3. The largest absolute Gasteiger partial charge is 0.456 e. The van der Waals surface area contributed by atoms with E-state index in [0.29, 0.717) is 5.92 Å². The highest BCUT2D eigenvalue weighted by Gasteiger charge is 2.14. The minimum atomic E-state index is 0.490. The highest BCUT2D eigenvalue weighted by molar-refractivity contribution is 6.12. The van der Waals surface area contributed by atoms with E-state index in [1.54, 1.807) is 0 Å². The second-order valence-corrected chi connectivity index (χ2v) is 6.02. The average molecular weight is 286 g/mol. The molecule has 1 heterocycles. The van der Waals surface area contributed by atoms with Gasteiger partial charge in [0.05, 0.1) is 0 Å². The molecular weight excluding hydrogens is 268 g/mol. The van der Waals surface area contributed by atoms with Gasteiger partial charge in [-0.15, -0.1) is 0 Å². The SMILES string of the molecule is CC(C)c1ccccc1-c1cccc2oc3ccccc3c12. The normalized spacial score (nSPS) is 11.6. The van der Waals surface area contributed by atoms with Crippen molar-refractivity contribution in [2.75, 3.05) is 0 Å². The molecule has 4 aromatic rings. The first-order chi connectivity index (χ1) is 10.8. The molecule has 0 aliphatic rings. The van der Waals surface area contributed by atoms with Gasteiger partial charge < -0.3 is 4.42 Å². The standard InChI is InChI=1S/C21H18O/c1-14(2)15-8-3-4-9-16(15)17-11-7-13-20-21(17)18-10-5-6-12-19(18)22-20/h3-14H,1-2H3. The van der Waals surface area contributed by atoms with Crippen LogP contribution in [0.5, 0.6) is 0 Å². The molecule has 0 fully saturated rings. The number of hydrogen-bond acceptors (Lipinski definition) is 1. The summed E-state index contributed by atoms with van der Waals surface area (Å²) < 4.78 is 6.01. The van der Waals surface area contributed by atoms with Gasteiger partial charge in [0.15, 0.2) is 0 Å². The number of fused-ring (bicyclic) bond motifs is 3. The lowest BCUT2D eigenvalue weighted by Crippen LogP contribution is -1.92. The number of rotatable bonds is 2. The van der Waals surface area contributed by atoms with Crippen LogP contribution in [0.1, 0.15) is 25.3 Å². The summed E-state index contributed by atoms with van der Waals surface area (Å²) in [6.07, 6.45) is 0. The molecule has 4 rings (SSSR count). The summed E-state index contributed by atoms with van der Waals surface area (Å²) in [5.41, 5.74) is 5.84. The molecule has 0 saturated heterocycles. The van der Waals surface area contributed by atoms with E-state index in [1.165, 1.54) is 27.5 Å². The van der Waals surface area contributed by atoms with E-state index in [1.807, 2.05) is 12.1 Å². The van der Waals surface area contributed by atoms with Crippen molar-refractivity contribution < 1.29 is 4.42 Å². The van der Waals surface area contributed by atoms with E-state index >= 15 is 0 Å². The van der Waals surface area contributed by atoms with Crippen molar-refractivity contribution in [1.29, 1.82) is 0 Å². The van der Waals surface area contributed by atoms with E-state index < -0.39 is 0 Å². The Morgan fingerprint density at radius 3 is 2.23 bits per heavy atom. The third-order valence-electron chi connectivity index (χ3n) is 4.28. The summed E-state index contributed by atoms with van der Waals surface area (Å²) in [6.45, 7) is 4.49. The third kappa shape index (κ3) is 1.93. The Hall–Kier alpha value is -2.54. The predicted octanol–water partition coefficient (Wildman–Crippen LogP) is 6.38. The van der Waals surface area contributed by atoms with Gasteiger partial charge in [0.25, 0.3) is 0 Å². The van der Waals surface area contributed by atoms with Gasteiger partial charge in [-0.1, -0.05) is 68.4 Å². The zero-order valence-electron chi connectivity index (χ0n) is 12.8. The molecule has 0 saturated carbocycles. The zero-order chi connectivity index (χ0) is 15.1. The topological polar surface area (TPSA) is 13.1 Å². The predicted molar refractivity (Wildman–Crippen MR) is 93.2 cm³/mol. The van der Waals surface area contributed by atoms with Crippen molar-refractivity contribution in [3.05, 3.63) is 72.3 Å². The van der Waals surface area contributed by atoms with Crippen LogP contribution in [0.15, 0.2) is 71.1 Å². The molecule has 0 spiro atoms. The van der Waals surface area contributed by atoms with Gasteiger partial charge in [0.1, 0.15) is 11.2 Å². The molecule has 0 amide bonds. The zero-order valence-corrected chi connectivity index (χ0v) is 12.8. The summed E-state index contributed by atoms with van der Waals surface area (Å²) in [5, 5.41) is 2.40. The van der Waals surface area contributed by atoms with Crippen LogP contribution in [0.25, 0.3) is 33.1 Å². The molecule has 0 radical (unpaired) electrons. The molecule has 1 heteroatoms. The summed E-state index contributed by atoms with van der Waals surface area (Å²) in [4.78, 5) is 0. The number of benzene rings is 3. The van der Waals surface area contributed by atoms with E-state index in [4.69, 9.17) is 4.42 Å². The van der Waals surface area contributed by atoms with Gasteiger partial charge in [0.2, 0.25) is 0 Å². The minimum absolute atomic E-state index is 0.490. The van der Waals surface area contributed by atoms with Gasteiger partial charge in [0, 0.05) is 10.8 Å². The van der Waals surface area contributed by atoms with Crippen LogP contribution < -0.4 is 0 Å². The summed E-state index contributed by atoms with van der Waals surface area (Å²) in [5.74, 6) is 0.490.